The Bertz CT molecular complexity index is 548. The lowest BCUT2D eigenvalue weighted by molar-refractivity contribution is -0.126. The predicted molar refractivity (Wildman–Crippen MR) is 82.6 cm³/mol. The number of allylic oxidation sites excluding steroid dienone is 1. The quantitative estimate of drug-likeness (QED) is 0.818. The average Bonchev–Trinajstić information content (AvgIpc) is 2.33. The lowest BCUT2D eigenvalue weighted by Crippen LogP contribution is -2.43. The second kappa shape index (κ2) is 6.89. The van der Waals surface area contributed by atoms with Crippen LogP contribution in [-0.2, 0) is 11.2 Å². The van der Waals surface area contributed by atoms with Crippen LogP contribution >= 0.6 is 11.9 Å². The first-order chi connectivity index (χ1) is 9.95. The molecule has 1 aliphatic rings. The Labute approximate surface area is 128 Å². The first kappa shape index (κ1) is 15.8. The van der Waals surface area contributed by atoms with Gasteiger partial charge in [0, 0.05) is 30.5 Å². The third-order valence-electron chi connectivity index (χ3n) is 3.07. The number of carbonyl (C=O) groups is 1. The normalized spacial score (nSPS) is 15.3. The molecule has 1 aromatic heterocycles. The van der Waals surface area contributed by atoms with Crippen LogP contribution in [-0.4, -0.2) is 38.5 Å². The molecular formula is C14H19FN4OS. The summed E-state index contributed by atoms with van der Waals surface area (Å²) in [7, 11) is 0. The summed E-state index contributed by atoms with van der Waals surface area (Å²) in [4.78, 5) is 20.6. The molecule has 21 heavy (non-hydrogen) atoms. The molecule has 0 saturated carbocycles. The lowest BCUT2D eigenvalue weighted by Gasteiger charge is -2.31. The van der Waals surface area contributed by atoms with Crippen molar-refractivity contribution in [2.45, 2.75) is 32.7 Å². The van der Waals surface area contributed by atoms with Crippen molar-refractivity contribution >= 4 is 23.7 Å². The molecular weight excluding hydrogens is 291 g/mol. The van der Waals surface area contributed by atoms with Crippen molar-refractivity contribution in [3.63, 3.8) is 0 Å². The molecule has 0 unspecified atom stereocenters. The second-order valence-corrected chi connectivity index (χ2v) is 6.06. The summed E-state index contributed by atoms with van der Waals surface area (Å²) in [5.41, 5.74) is 0.738. The highest BCUT2D eigenvalue weighted by molar-refractivity contribution is 7.98. The summed E-state index contributed by atoms with van der Waals surface area (Å²) in [6, 6.07) is 1.40. The Hall–Kier alpha value is -1.63. The minimum absolute atomic E-state index is 0.0428. The molecule has 1 aliphatic heterocycles. The van der Waals surface area contributed by atoms with Crippen molar-refractivity contribution in [2.75, 3.05) is 17.6 Å². The van der Waals surface area contributed by atoms with Crippen molar-refractivity contribution in [3.05, 3.63) is 30.0 Å². The van der Waals surface area contributed by atoms with Gasteiger partial charge < -0.3 is 5.32 Å². The Morgan fingerprint density at radius 2 is 2.33 bits per heavy atom. The Kier molecular flexibility index (Phi) is 5.17. The smallest absolute Gasteiger partial charge is 0.254 e. The van der Waals surface area contributed by atoms with Crippen LogP contribution in [0.2, 0.25) is 0 Å². The number of carbonyl (C=O) groups excluding carboxylic acids is 1. The van der Waals surface area contributed by atoms with Crippen LogP contribution in [0.25, 0.3) is 0 Å². The molecule has 1 saturated heterocycles. The Morgan fingerprint density at radius 1 is 1.62 bits per heavy atom. The SMILES string of the molecule is C=C(F)CCc1cc(N[C@H](C)C(=O)N2CCS2)nc(C)n1. The van der Waals surface area contributed by atoms with E-state index in [0.29, 0.717) is 18.1 Å². The highest BCUT2D eigenvalue weighted by Crippen LogP contribution is 2.22. The van der Waals surface area contributed by atoms with Crippen molar-refractivity contribution in [1.82, 2.24) is 14.3 Å². The molecule has 0 radical (unpaired) electrons. The largest absolute Gasteiger partial charge is 0.358 e. The van der Waals surface area contributed by atoms with E-state index in [-0.39, 0.29) is 24.2 Å². The molecule has 0 aromatic carbocycles. The third-order valence-corrected chi connectivity index (χ3v) is 4.10. The molecule has 0 bridgehead atoms. The summed E-state index contributed by atoms with van der Waals surface area (Å²) in [6.07, 6.45) is 0.715. The summed E-state index contributed by atoms with van der Waals surface area (Å²) < 4.78 is 14.5. The van der Waals surface area contributed by atoms with Crippen LogP contribution < -0.4 is 5.32 Å². The van der Waals surface area contributed by atoms with Gasteiger partial charge in [-0.3, -0.25) is 9.10 Å². The molecule has 1 atom stereocenters. The van der Waals surface area contributed by atoms with Crippen LogP contribution in [0.5, 0.6) is 0 Å². The maximum atomic E-state index is 12.7. The van der Waals surface area contributed by atoms with Crippen LogP contribution in [0, 0.1) is 6.92 Å². The molecule has 1 amide bonds. The third kappa shape index (κ3) is 4.42. The van der Waals surface area contributed by atoms with E-state index in [1.54, 1.807) is 17.3 Å². The minimum atomic E-state index is -0.362. The maximum absolute atomic E-state index is 12.7. The number of aromatic nitrogens is 2. The summed E-state index contributed by atoms with van der Waals surface area (Å²) in [6.45, 7) is 7.62. The van der Waals surface area contributed by atoms with Crippen LogP contribution in [0.15, 0.2) is 18.5 Å². The molecule has 2 rings (SSSR count). The van der Waals surface area contributed by atoms with Gasteiger partial charge in [0.1, 0.15) is 17.7 Å². The van der Waals surface area contributed by atoms with Gasteiger partial charge in [-0.1, -0.05) is 6.58 Å². The molecule has 5 nitrogen and oxygen atoms in total. The first-order valence-corrected chi connectivity index (χ1v) is 7.78. The van der Waals surface area contributed by atoms with E-state index in [2.05, 4.69) is 21.9 Å². The van der Waals surface area contributed by atoms with Gasteiger partial charge in [-0.2, -0.15) is 0 Å². The van der Waals surface area contributed by atoms with Gasteiger partial charge >= 0.3 is 0 Å². The maximum Gasteiger partial charge on any atom is 0.254 e. The van der Waals surface area contributed by atoms with Crippen molar-refractivity contribution in [2.24, 2.45) is 0 Å². The summed E-state index contributed by atoms with van der Waals surface area (Å²) in [5, 5.41) is 3.09. The van der Waals surface area contributed by atoms with E-state index >= 15 is 0 Å². The van der Waals surface area contributed by atoms with Gasteiger partial charge in [-0.05, 0) is 32.2 Å². The topological polar surface area (TPSA) is 58.1 Å². The fourth-order valence-corrected chi connectivity index (χ4v) is 2.60. The van der Waals surface area contributed by atoms with E-state index in [1.807, 2.05) is 6.92 Å². The van der Waals surface area contributed by atoms with Crippen LogP contribution in [0.4, 0.5) is 10.2 Å². The van der Waals surface area contributed by atoms with Crippen molar-refractivity contribution in [3.8, 4) is 0 Å². The number of amides is 1. The molecule has 0 spiro atoms. The highest BCUT2D eigenvalue weighted by atomic mass is 32.2. The molecule has 1 N–H and O–H groups in total. The lowest BCUT2D eigenvalue weighted by atomic mass is 10.2. The first-order valence-electron chi connectivity index (χ1n) is 6.84. The number of anilines is 1. The van der Waals surface area contributed by atoms with Gasteiger partial charge in [0.05, 0.1) is 5.83 Å². The number of hydrogen-bond donors (Lipinski definition) is 1. The number of halogens is 1. The number of rotatable bonds is 6. The monoisotopic (exact) mass is 310 g/mol. The molecule has 7 heteroatoms. The van der Waals surface area contributed by atoms with E-state index < -0.39 is 0 Å². The molecule has 0 aliphatic carbocycles. The Balaban J connectivity index is 2.01. The van der Waals surface area contributed by atoms with E-state index in [1.165, 1.54) is 11.9 Å². The Morgan fingerprint density at radius 3 is 2.90 bits per heavy atom. The fourth-order valence-electron chi connectivity index (χ4n) is 1.95. The van der Waals surface area contributed by atoms with Crippen molar-refractivity contribution < 1.29 is 9.18 Å². The second-order valence-electron chi connectivity index (χ2n) is 4.95. The standard InChI is InChI=1S/C14H19FN4OS/c1-9(15)4-5-12-8-13(18-11(3)17-12)16-10(2)14(20)19-6-7-21-19/h8,10H,1,4-7H2,2-3H3,(H,16,17,18)/t10-/m1/s1. The molecule has 1 fully saturated rings. The zero-order chi connectivity index (χ0) is 15.4. The highest BCUT2D eigenvalue weighted by Gasteiger charge is 2.26. The van der Waals surface area contributed by atoms with Crippen molar-refractivity contribution in [1.29, 1.82) is 0 Å². The minimum Gasteiger partial charge on any atom is -0.358 e. The van der Waals surface area contributed by atoms with Gasteiger partial charge in [-0.25, -0.2) is 14.4 Å². The number of nitrogens with one attached hydrogen (secondary N) is 1. The number of aryl methyl sites for hydroxylation is 2. The van der Waals surface area contributed by atoms with Gasteiger partial charge in [0.2, 0.25) is 0 Å². The van der Waals surface area contributed by atoms with Crippen LogP contribution in [0.1, 0.15) is 24.9 Å². The average molecular weight is 310 g/mol. The van der Waals surface area contributed by atoms with E-state index in [9.17, 15) is 9.18 Å². The van der Waals surface area contributed by atoms with Gasteiger partial charge in [0.25, 0.3) is 5.91 Å². The predicted octanol–water partition coefficient (Wildman–Crippen LogP) is 2.49. The summed E-state index contributed by atoms with van der Waals surface area (Å²) in [5.74, 6) is 1.86. The van der Waals surface area contributed by atoms with Gasteiger partial charge in [-0.15, -0.1) is 0 Å². The fraction of sp³-hybridized carbons (Fsp3) is 0.500. The van der Waals surface area contributed by atoms with Crippen LogP contribution in [0.3, 0.4) is 0 Å². The number of nitrogens with zero attached hydrogens (tertiary/aromatic N) is 3. The van der Waals surface area contributed by atoms with E-state index in [0.717, 1.165) is 18.0 Å². The van der Waals surface area contributed by atoms with E-state index in [4.69, 9.17) is 0 Å². The molecule has 1 aromatic rings. The summed E-state index contributed by atoms with van der Waals surface area (Å²) >= 11 is 1.53. The zero-order valence-corrected chi connectivity index (χ0v) is 13.0. The zero-order valence-electron chi connectivity index (χ0n) is 12.2. The van der Waals surface area contributed by atoms with Gasteiger partial charge in [0.15, 0.2) is 0 Å². The molecule has 2 heterocycles. The number of hydrogen-bond acceptors (Lipinski definition) is 5. The molecule has 114 valence electrons.